The van der Waals surface area contributed by atoms with Gasteiger partial charge in [0.05, 0.1) is 16.4 Å². The van der Waals surface area contributed by atoms with E-state index in [2.05, 4.69) is 223 Å². The highest BCUT2D eigenvalue weighted by Crippen LogP contribution is 2.54. The molecular formula is C59H48N4. The topological polar surface area (TPSA) is 43.6 Å². The van der Waals surface area contributed by atoms with Crippen molar-refractivity contribution in [1.29, 1.82) is 0 Å². The van der Waals surface area contributed by atoms with Crippen LogP contribution in [0.5, 0.6) is 0 Å². The van der Waals surface area contributed by atoms with Crippen LogP contribution in [0.3, 0.4) is 0 Å². The van der Waals surface area contributed by atoms with Crippen molar-refractivity contribution in [3.8, 4) is 28.2 Å². The highest BCUT2D eigenvalue weighted by atomic mass is 15.0. The van der Waals surface area contributed by atoms with E-state index in [0.29, 0.717) is 11.6 Å². The van der Waals surface area contributed by atoms with E-state index in [1.807, 2.05) is 6.08 Å². The van der Waals surface area contributed by atoms with E-state index < -0.39 is 5.41 Å². The smallest absolute Gasteiger partial charge is 0.163 e. The molecule has 0 amide bonds. The molecule has 0 spiro atoms. The number of hydrogen-bond donors (Lipinski definition) is 0. The first-order chi connectivity index (χ1) is 31.1. The molecule has 63 heavy (non-hydrogen) atoms. The van der Waals surface area contributed by atoms with Crippen LogP contribution in [0.25, 0.3) is 62.2 Å². The average Bonchev–Trinajstić information content (AvgIpc) is 3.84. The summed E-state index contributed by atoms with van der Waals surface area (Å²) in [6.07, 6.45) is 16.9. The largest absolute Gasteiger partial charge is 0.309 e. The Kier molecular flexibility index (Phi) is 9.65. The van der Waals surface area contributed by atoms with Crippen LogP contribution in [0.1, 0.15) is 78.7 Å². The fourth-order valence-electron chi connectivity index (χ4n) is 10.8. The molecule has 0 atom stereocenters. The lowest BCUT2D eigenvalue weighted by Crippen LogP contribution is -2.31. The molecule has 7 aromatic carbocycles. The van der Waals surface area contributed by atoms with Gasteiger partial charge in [0.15, 0.2) is 11.6 Å². The lowest BCUT2D eigenvalue weighted by atomic mass is 9.63. The zero-order valence-electron chi connectivity index (χ0n) is 35.7. The Balaban J connectivity index is 0.914. The fraction of sp³-hybridized carbons (Fsp3) is 0.136. The van der Waals surface area contributed by atoms with Crippen LogP contribution in [0.15, 0.2) is 200 Å². The second-order valence-corrected chi connectivity index (χ2v) is 16.9. The van der Waals surface area contributed by atoms with Gasteiger partial charge in [-0.15, -0.1) is 0 Å². The molecule has 11 rings (SSSR count). The number of hydrogen-bond acceptors (Lipinski definition) is 3. The third-order valence-corrected chi connectivity index (χ3v) is 13.8. The molecule has 9 aromatic rings. The minimum atomic E-state index is -0.468. The summed E-state index contributed by atoms with van der Waals surface area (Å²) >= 11 is 0. The number of nitrogens with zero attached hydrogens (tertiary/aromatic N) is 4. The first-order valence-corrected chi connectivity index (χ1v) is 22.4. The maximum Gasteiger partial charge on any atom is 0.163 e. The van der Waals surface area contributed by atoms with Gasteiger partial charge in [0.2, 0.25) is 0 Å². The molecule has 0 aliphatic heterocycles. The Morgan fingerprint density at radius 1 is 0.587 bits per heavy atom. The molecule has 0 bridgehead atoms. The van der Waals surface area contributed by atoms with Crippen molar-refractivity contribution in [2.24, 2.45) is 0 Å². The van der Waals surface area contributed by atoms with Crippen LogP contribution in [-0.4, -0.2) is 19.5 Å². The lowest BCUT2D eigenvalue weighted by Gasteiger charge is -2.38. The van der Waals surface area contributed by atoms with Crippen LogP contribution >= 0.6 is 0 Å². The summed E-state index contributed by atoms with van der Waals surface area (Å²) in [6.45, 7) is 4.68. The summed E-state index contributed by atoms with van der Waals surface area (Å²) in [5, 5.41) is 2.56. The minimum absolute atomic E-state index is 0.0990. The normalized spacial score (nSPS) is 14.3. The van der Waals surface area contributed by atoms with Gasteiger partial charge in [0.1, 0.15) is 6.33 Å². The number of fused-ring (bicyclic) bond motifs is 6. The highest BCUT2D eigenvalue weighted by molar-refractivity contribution is 6.09. The summed E-state index contributed by atoms with van der Waals surface area (Å²) in [5.74, 6) is 1.28. The lowest BCUT2D eigenvalue weighted by molar-refractivity contribution is 0.490. The molecule has 0 saturated heterocycles. The number of benzene rings is 7. The van der Waals surface area contributed by atoms with Gasteiger partial charge in [-0.05, 0) is 106 Å². The molecule has 0 fully saturated rings. The Hall–Kier alpha value is -7.43. The maximum absolute atomic E-state index is 4.97. The Bertz CT molecular complexity index is 3150. The number of allylic oxidation sites excluding steroid dienone is 4. The first kappa shape index (κ1) is 38.5. The van der Waals surface area contributed by atoms with Crippen molar-refractivity contribution in [3.05, 3.63) is 239 Å². The quantitative estimate of drug-likeness (QED) is 0.129. The van der Waals surface area contributed by atoms with Crippen LogP contribution in [0, 0.1) is 0 Å². The van der Waals surface area contributed by atoms with Crippen molar-refractivity contribution in [3.63, 3.8) is 0 Å². The van der Waals surface area contributed by atoms with Crippen molar-refractivity contribution in [2.75, 3.05) is 0 Å². The third-order valence-electron chi connectivity index (χ3n) is 13.8. The predicted molar refractivity (Wildman–Crippen MR) is 261 cm³/mol. The SMILES string of the molecule is CCC1(CC)c2cc(C=Cc3ncnc(-c4ccc(C(C5=CCCC=C5)(c5ccccc5)c5ccccc5)cc4)n3)ccc2-c2ccc(-n3c4ccccc4c4ccccc43)cc21. The summed E-state index contributed by atoms with van der Waals surface area (Å²) < 4.78 is 2.44. The van der Waals surface area contributed by atoms with Crippen molar-refractivity contribution in [1.82, 2.24) is 19.5 Å². The predicted octanol–water partition coefficient (Wildman–Crippen LogP) is 14.5. The third kappa shape index (κ3) is 6.23. The summed E-state index contributed by atoms with van der Waals surface area (Å²) in [4.78, 5) is 14.2. The van der Waals surface area contributed by atoms with Crippen molar-refractivity contribution >= 4 is 34.0 Å². The van der Waals surface area contributed by atoms with Crippen LogP contribution in [0.2, 0.25) is 0 Å². The van der Waals surface area contributed by atoms with Gasteiger partial charge in [-0.2, -0.15) is 0 Å². The second kappa shape index (κ2) is 15.8. The fourth-order valence-corrected chi connectivity index (χ4v) is 10.8. The summed E-state index contributed by atoms with van der Waals surface area (Å²) in [6, 6.07) is 62.1. The molecule has 2 heterocycles. The maximum atomic E-state index is 4.97. The van der Waals surface area contributed by atoms with Gasteiger partial charge in [-0.1, -0.05) is 184 Å². The molecule has 4 nitrogen and oxygen atoms in total. The molecule has 0 N–H and O–H groups in total. The van der Waals surface area contributed by atoms with Gasteiger partial charge in [0.25, 0.3) is 0 Å². The number of rotatable bonds is 10. The van der Waals surface area contributed by atoms with E-state index >= 15 is 0 Å². The molecule has 0 saturated carbocycles. The molecule has 304 valence electrons. The van der Waals surface area contributed by atoms with E-state index in [1.54, 1.807) is 6.33 Å². The average molecular weight is 813 g/mol. The van der Waals surface area contributed by atoms with Gasteiger partial charge >= 0.3 is 0 Å². The first-order valence-electron chi connectivity index (χ1n) is 22.4. The van der Waals surface area contributed by atoms with Crippen LogP contribution in [-0.2, 0) is 10.8 Å². The van der Waals surface area contributed by atoms with Crippen LogP contribution in [0.4, 0.5) is 0 Å². The number of para-hydroxylation sites is 2. The Labute approximate surface area is 369 Å². The van der Waals surface area contributed by atoms with E-state index in [1.165, 1.54) is 72.0 Å². The standard InChI is InChI=1S/C59H48N4/c1-3-58(4-2)52-38-41(28-35-48(52)49-36-34-47(39-53(49)58)63-54-26-16-14-24-50(54)51-25-15-17-27-55(51)63)29-37-56-60-40-61-57(62-56)42-30-32-46(33-31-42)59(43-18-8-5-9-19-43,44-20-10-6-11-21-44)45-22-12-7-13-23-45/h5-6,8-12,14-40H,3-4,7,13H2,1-2H3. The van der Waals surface area contributed by atoms with Gasteiger partial charge in [0, 0.05) is 27.4 Å². The second-order valence-electron chi connectivity index (χ2n) is 16.9. The Morgan fingerprint density at radius 3 is 1.83 bits per heavy atom. The van der Waals surface area contributed by atoms with E-state index in [-0.39, 0.29) is 5.41 Å². The van der Waals surface area contributed by atoms with Gasteiger partial charge in [-0.3, -0.25) is 0 Å². The van der Waals surface area contributed by atoms with Crippen LogP contribution < -0.4 is 0 Å². The van der Waals surface area contributed by atoms with E-state index in [4.69, 9.17) is 4.98 Å². The zero-order chi connectivity index (χ0) is 42.4. The summed E-state index contributed by atoms with van der Waals surface area (Å²) in [7, 11) is 0. The minimum Gasteiger partial charge on any atom is -0.309 e. The Morgan fingerprint density at radius 2 is 1.19 bits per heavy atom. The number of aromatic nitrogens is 4. The molecular weight excluding hydrogens is 765 g/mol. The molecule has 2 aliphatic carbocycles. The molecule has 4 heteroatoms. The van der Waals surface area contributed by atoms with Gasteiger partial charge < -0.3 is 4.57 Å². The van der Waals surface area contributed by atoms with Crippen molar-refractivity contribution in [2.45, 2.75) is 50.4 Å². The zero-order valence-corrected chi connectivity index (χ0v) is 35.7. The van der Waals surface area contributed by atoms with E-state index in [0.717, 1.165) is 36.8 Å². The molecule has 0 unspecified atom stereocenters. The van der Waals surface area contributed by atoms with Gasteiger partial charge in [-0.25, -0.2) is 15.0 Å². The monoisotopic (exact) mass is 812 g/mol. The molecule has 2 aromatic heterocycles. The summed E-state index contributed by atoms with van der Waals surface area (Å²) in [5.41, 5.74) is 15.6. The van der Waals surface area contributed by atoms with Crippen molar-refractivity contribution < 1.29 is 0 Å². The highest BCUT2D eigenvalue weighted by Gasteiger charge is 2.41. The van der Waals surface area contributed by atoms with E-state index in [9.17, 15) is 0 Å². The molecule has 2 aliphatic rings. The molecule has 0 radical (unpaired) electrons.